The molecule has 0 aliphatic carbocycles. The minimum absolute atomic E-state index is 0.311. The maximum atomic E-state index is 12.1. The smallest absolute Gasteiger partial charge is 0.244 e. The Bertz CT molecular complexity index is 606. The zero-order valence-electron chi connectivity index (χ0n) is 8.46. The van der Waals surface area contributed by atoms with Crippen LogP contribution in [0.15, 0.2) is 41.8 Å². The van der Waals surface area contributed by atoms with Gasteiger partial charge in [0, 0.05) is 16.0 Å². The first kappa shape index (κ1) is 11.6. The number of aryl methyl sites for hydroxylation is 1. The van der Waals surface area contributed by atoms with Gasteiger partial charge >= 0.3 is 0 Å². The first-order chi connectivity index (χ1) is 7.51. The van der Waals surface area contributed by atoms with Gasteiger partial charge in [0.15, 0.2) is 0 Å². The van der Waals surface area contributed by atoms with Gasteiger partial charge < -0.3 is 0 Å². The normalized spacial score (nSPS) is 11.6. The van der Waals surface area contributed by atoms with Gasteiger partial charge in [-0.25, -0.2) is 17.4 Å². The molecule has 0 saturated heterocycles. The number of imidazole rings is 1. The zero-order valence-corrected chi connectivity index (χ0v) is 11.4. The monoisotopic (exact) mass is 348 g/mol. The maximum Gasteiger partial charge on any atom is 0.269 e. The molecule has 6 heteroatoms. The molecule has 1 aromatic heterocycles. The minimum Gasteiger partial charge on any atom is -0.244 e. The minimum atomic E-state index is -3.49. The summed E-state index contributed by atoms with van der Waals surface area (Å²) in [5.41, 5.74) is 0.737. The second kappa shape index (κ2) is 4.17. The lowest BCUT2D eigenvalue weighted by molar-refractivity contribution is 0.586. The van der Waals surface area contributed by atoms with E-state index in [4.69, 9.17) is 0 Å². The van der Waals surface area contributed by atoms with Crippen molar-refractivity contribution in [2.24, 2.45) is 0 Å². The van der Waals surface area contributed by atoms with Gasteiger partial charge in [0.2, 0.25) is 0 Å². The van der Waals surface area contributed by atoms with Gasteiger partial charge in [0.05, 0.1) is 4.90 Å². The standard InChI is InChI=1S/C10H9IN2O2S/c1-8-6-9(11)2-3-10(8)16(14,15)13-5-4-12-7-13/h2-7H,1H3. The quantitative estimate of drug-likeness (QED) is 0.781. The molecule has 0 aliphatic rings. The molecule has 16 heavy (non-hydrogen) atoms. The number of hydrogen-bond acceptors (Lipinski definition) is 3. The number of nitrogens with zero attached hydrogens (tertiary/aromatic N) is 2. The molecule has 0 spiro atoms. The summed E-state index contributed by atoms with van der Waals surface area (Å²) in [5.74, 6) is 0. The predicted octanol–water partition coefficient (Wildman–Crippen LogP) is 2.03. The van der Waals surface area contributed by atoms with E-state index in [2.05, 4.69) is 27.6 Å². The molecule has 0 atom stereocenters. The molecule has 0 saturated carbocycles. The Morgan fingerprint density at radius 2 is 2.12 bits per heavy atom. The SMILES string of the molecule is Cc1cc(I)ccc1S(=O)(=O)n1ccnc1. The van der Waals surface area contributed by atoms with Crippen molar-refractivity contribution in [2.75, 3.05) is 0 Å². The largest absolute Gasteiger partial charge is 0.269 e. The van der Waals surface area contributed by atoms with Crippen LogP contribution >= 0.6 is 22.6 Å². The molecule has 4 nitrogen and oxygen atoms in total. The topological polar surface area (TPSA) is 52.0 Å². The van der Waals surface area contributed by atoms with Crippen LogP contribution in [-0.2, 0) is 10.0 Å². The highest BCUT2D eigenvalue weighted by Gasteiger charge is 2.18. The third-order valence-corrected chi connectivity index (χ3v) is 4.63. The highest BCUT2D eigenvalue weighted by atomic mass is 127. The van der Waals surface area contributed by atoms with Crippen molar-refractivity contribution in [3.8, 4) is 0 Å². The lowest BCUT2D eigenvalue weighted by atomic mass is 10.2. The average molecular weight is 348 g/mol. The van der Waals surface area contributed by atoms with Crippen molar-refractivity contribution in [1.82, 2.24) is 8.96 Å². The molecular formula is C10H9IN2O2S. The van der Waals surface area contributed by atoms with Crippen molar-refractivity contribution in [2.45, 2.75) is 11.8 Å². The van der Waals surface area contributed by atoms with Gasteiger partial charge in [0.25, 0.3) is 10.0 Å². The predicted molar refractivity (Wildman–Crippen MR) is 68.7 cm³/mol. The Kier molecular flexibility index (Phi) is 3.02. The van der Waals surface area contributed by atoms with E-state index < -0.39 is 10.0 Å². The first-order valence-electron chi connectivity index (χ1n) is 4.51. The van der Waals surface area contributed by atoms with E-state index in [1.54, 1.807) is 19.1 Å². The molecule has 0 radical (unpaired) electrons. The van der Waals surface area contributed by atoms with Gasteiger partial charge in [-0.05, 0) is 53.3 Å². The van der Waals surface area contributed by atoms with Crippen LogP contribution in [0.1, 0.15) is 5.56 Å². The van der Waals surface area contributed by atoms with E-state index in [9.17, 15) is 8.42 Å². The molecule has 2 aromatic rings. The van der Waals surface area contributed by atoms with Crippen LogP contribution < -0.4 is 0 Å². The lowest BCUT2D eigenvalue weighted by Gasteiger charge is -2.08. The molecule has 0 unspecified atom stereocenters. The fourth-order valence-electron chi connectivity index (χ4n) is 1.40. The van der Waals surface area contributed by atoms with Gasteiger partial charge in [0.1, 0.15) is 6.33 Å². The molecule has 0 bridgehead atoms. The Morgan fingerprint density at radius 3 is 2.69 bits per heavy atom. The van der Waals surface area contributed by atoms with Crippen molar-refractivity contribution in [3.05, 3.63) is 46.1 Å². The molecule has 0 amide bonds. The molecule has 0 fully saturated rings. The Morgan fingerprint density at radius 1 is 1.38 bits per heavy atom. The van der Waals surface area contributed by atoms with E-state index in [1.807, 2.05) is 6.07 Å². The van der Waals surface area contributed by atoms with E-state index in [1.165, 1.54) is 18.7 Å². The maximum absolute atomic E-state index is 12.1. The van der Waals surface area contributed by atoms with Crippen LogP contribution in [0.2, 0.25) is 0 Å². The molecule has 1 heterocycles. The Balaban J connectivity index is 2.61. The highest BCUT2D eigenvalue weighted by Crippen LogP contribution is 2.20. The molecular weight excluding hydrogens is 339 g/mol. The van der Waals surface area contributed by atoms with Crippen LogP contribution in [0, 0.1) is 10.5 Å². The van der Waals surface area contributed by atoms with Crippen LogP contribution in [0.4, 0.5) is 0 Å². The molecule has 1 aromatic carbocycles. The summed E-state index contributed by atoms with van der Waals surface area (Å²) in [6.07, 6.45) is 4.15. The number of hydrogen-bond donors (Lipinski definition) is 0. The van der Waals surface area contributed by atoms with Gasteiger partial charge in [-0.15, -0.1) is 0 Å². The second-order valence-corrected chi connectivity index (χ2v) is 6.36. The summed E-state index contributed by atoms with van der Waals surface area (Å²) in [5, 5.41) is 0. The van der Waals surface area contributed by atoms with E-state index in [-0.39, 0.29) is 0 Å². The fraction of sp³-hybridized carbons (Fsp3) is 0.100. The summed E-state index contributed by atoms with van der Waals surface area (Å²) < 4.78 is 26.4. The number of rotatable bonds is 2. The van der Waals surface area contributed by atoms with Gasteiger partial charge in [-0.1, -0.05) is 0 Å². The molecule has 2 rings (SSSR count). The lowest BCUT2D eigenvalue weighted by Crippen LogP contribution is -2.12. The van der Waals surface area contributed by atoms with Crippen molar-refractivity contribution in [3.63, 3.8) is 0 Å². The zero-order chi connectivity index (χ0) is 11.8. The summed E-state index contributed by atoms with van der Waals surface area (Å²) in [4.78, 5) is 4.05. The third kappa shape index (κ3) is 1.99. The van der Waals surface area contributed by atoms with Crippen molar-refractivity contribution >= 4 is 32.6 Å². The van der Waals surface area contributed by atoms with Gasteiger partial charge in [-0.3, -0.25) is 0 Å². The van der Waals surface area contributed by atoms with Crippen LogP contribution in [0.25, 0.3) is 0 Å². The number of aromatic nitrogens is 2. The van der Waals surface area contributed by atoms with Gasteiger partial charge in [-0.2, -0.15) is 0 Å². The Labute approximate surface area is 108 Å². The van der Waals surface area contributed by atoms with Crippen molar-refractivity contribution < 1.29 is 8.42 Å². The molecule has 0 aliphatic heterocycles. The summed E-state index contributed by atoms with van der Waals surface area (Å²) in [7, 11) is -3.49. The number of benzene rings is 1. The number of halogens is 1. The first-order valence-corrected chi connectivity index (χ1v) is 7.03. The Hall–Kier alpha value is -0.890. The molecule has 84 valence electrons. The van der Waals surface area contributed by atoms with Crippen LogP contribution in [0.5, 0.6) is 0 Å². The third-order valence-electron chi connectivity index (χ3n) is 2.17. The van der Waals surface area contributed by atoms with E-state index >= 15 is 0 Å². The summed E-state index contributed by atoms with van der Waals surface area (Å²) >= 11 is 2.15. The van der Waals surface area contributed by atoms with Crippen LogP contribution in [0.3, 0.4) is 0 Å². The van der Waals surface area contributed by atoms with Crippen LogP contribution in [-0.4, -0.2) is 17.4 Å². The van der Waals surface area contributed by atoms with E-state index in [0.29, 0.717) is 4.90 Å². The highest BCUT2D eigenvalue weighted by molar-refractivity contribution is 14.1. The molecule has 0 N–H and O–H groups in total. The second-order valence-electron chi connectivity index (χ2n) is 3.31. The average Bonchev–Trinajstić information content (AvgIpc) is 2.69. The fourth-order valence-corrected chi connectivity index (χ4v) is 3.38. The van der Waals surface area contributed by atoms with E-state index in [0.717, 1.165) is 13.1 Å². The summed E-state index contributed by atoms with van der Waals surface area (Å²) in [6.45, 7) is 1.78. The van der Waals surface area contributed by atoms with Crippen molar-refractivity contribution in [1.29, 1.82) is 0 Å². The summed E-state index contributed by atoms with van der Waals surface area (Å²) in [6, 6.07) is 5.23.